The number of ether oxygens (including phenoxy) is 1. The van der Waals surface area contributed by atoms with Crippen LogP contribution in [0.2, 0.25) is 0 Å². The van der Waals surface area contributed by atoms with E-state index in [4.69, 9.17) is 4.74 Å². The first kappa shape index (κ1) is 34.8. The number of allylic oxidation sites excluding steroid dienone is 1. The third-order valence-corrected chi connectivity index (χ3v) is 15.4. The van der Waals surface area contributed by atoms with Gasteiger partial charge in [-0.15, -0.1) is 12.4 Å². The summed E-state index contributed by atoms with van der Waals surface area (Å²) in [6, 6.07) is 0. The molecule has 5 aliphatic rings. The molecule has 0 bridgehead atoms. The molecule has 5 aliphatic carbocycles. The SMILES string of the molecule is C=C(C)[C@@H]1CC[C@]2(C(=O)OC)CC[C@]3(C)[C@H](CC[C@@H]4[C@@]5(C)CC[C@@](O)(C#CCN(CC)CC)C(C)(C)[C@@H]5CC[C@]43C)[C@@H]12.Cl. The van der Waals surface area contributed by atoms with Crippen LogP contribution < -0.4 is 0 Å². The number of hydrogen-bond donors (Lipinski definition) is 1. The molecule has 5 fully saturated rings. The Kier molecular flexibility index (Phi) is 9.44. The minimum absolute atomic E-state index is 0. The quantitative estimate of drug-likeness (QED) is 0.192. The van der Waals surface area contributed by atoms with Crippen LogP contribution in [0.5, 0.6) is 0 Å². The highest BCUT2D eigenvalue weighted by Gasteiger charge is 2.73. The molecule has 0 aromatic rings. The zero-order chi connectivity index (χ0) is 30.9. The Hall–Kier alpha value is -1.02. The molecule has 244 valence electrons. The van der Waals surface area contributed by atoms with Crippen molar-refractivity contribution in [1.82, 2.24) is 4.90 Å². The number of esters is 1. The Bertz CT molecular complexity index is 1150. The second-order valence-electron chi connectivity index (χ2n) is 16.7. The number of carbonyl (C=O) groups is 1. The Balaban J connectivity index is 0.00000423. The molecule has 0 saturated heterocycles. The van der Waals surface area contributed by atoms with Crippen LogP contribution >= 0.6 is 12.4 Å². The van der Waals surface area contributed by atoms with E-state index in [1.807, 2.05) is 0 Å². The summed E-state index contributed by atoms with van der Waals surface area (Å²) in [5.74, 6) is 9.23. The zero-order valence-corrected chi connectivity index (χ0v) is 29.7. The lowest BCUT2D eigenvalue weighted by molar-refractivity contribution is -0.256. The van der Waals surface area contributed by atoms with Gasteiger partial charge in [-0.1, -0.05) is 72.5 Å². The summed E-state index contributed by atoms with van der Waals surface area (Å²) in [6.07, 6.45) is 10.7. The molecular weight excluding hydrogens is 554 g/mol. The van der Waals surface area contributed by atoms with E-state index in [-0.39, 0.29) is 45.5 Å². The van der Waals surface area contributed by atoms with Gasteiger partial charge in [0.2, 0.25) is 0 Å². The van der Waals surface area contributed by atoms with Crippen LogP contribution in [0, 0.1) is 68.5 Å². The van der Waals surface area contributed by atoms with Gasteiger partial charge in [0.15, 0.2) is 0 Å². The van der Waals surface area contributed by atoms with E-state index in [1.54, 1.807) is 7.11 Å². The van der Waals surface area contributed by atoms with Crippen LogP contribution in [0.25, 0.3) is 0 Å². The minimum atomic E-state index is -0.942. The molecule has 1 N–H and O–H groups in total. The van der Waals surface area contributed by atoms with Gasteiger partial charge in [0.05, 0.1) is 19.1 Å². The van der Waals surface area contributed by atoms with Crippen molar-refractivity contribution >= 4 is 18.4 Å². The fourth-order valence-corrected chi connectivity index (χ4v) is 12.6. The summed E-state index contributed by atoms with van der Waals surface area (Å²) in [6.45, 7) is 26.2. The fraction of sp³-hybridized carbons (Fsp3) is 0.868. The maximum Gasteiger partial charge on any atom is 0.312 e. The molecule has 5 rings (SSSR count). The fourth-order valence-electron chi connectivity index (χ4n) is 12.6. The molecule has 4 nitrogen and oxygen atoms in total. The van der Waals surface area contributed by atoms with Crippen LogP contribution in [-0.4, -0.2) is 48.3 Å². The minimum Gasteiger partial charge on any atom is -0.469 e. The third-order valence-electron chi connectivity index (χ3n) is 15.4. The van der Waals surface area contributed by atoms with E-state index in [1.165, 1.54) is 24.8 Å². The first-order valence-corrected chi connectivity index (χ1v) is 17.3. The Morgan fingerprint density at radius 1 is 0.907 bits per heavy atom. The molecule has 0 radical (unpaired) electrons. The predicted molar refractivity (Wildman–Crippen MR) is 179 cm³/mol. The average Bonchev–Trinajstić information content (AvgIpc) is 3.35. The molecule has 0 unspecified atom stereocenters. The van der Waals surface area contributed by atoms with Crippen molar-refractivity contribution in [3.8, 4) is 11.8 Å². The Morgan fingerprint density at radius 3 is 2.19 bits per heavy atom. The van der Waals surface area contributed by atoms with Crippen molar-refractivity contribution in [3.63, 3.8) is 0 Å². The molecule has 0 aromatic carbocycles. The highest BCUT2D eigenvalue weighted by Crippen LogP contribution is 2.78. The monoisotopic (exact) mass is 615 g/mol. The number of methoxy groups -OCH3 is 1. The lowest BCUT2D eigenvalue weighted by Crippen LogP contribution is -2.68. The van der Waals surface area contributed by atoms with Gasteiger partial charge in [0, 0.05) is 5.41 Å². The topological polar surface area (TPSA) is 49.8 Å². The van der Waals surface area contributed by atoms with Crippen molar-refractivity contribution in [1.29, 1.82) is 0 Å². The Labute approximate surface area is 270 Å². The highest BCUT2D eigenvalue weighted by molar-refractivity contribution is 5.85. The van der Waals surface area contributed by atoms with Gasteiger partial charge in [-0.05, 0) is 130 Å². The van der Waals surface area contributed by atoms with Crippen molar-refractivity contribution in [2.24, 2.45) is 56.7 Å². The standard InChI is InChI=1S/C38H61NO3.ClH/c1-11-39(12-2)25-13-18-38(41)24-21-34(7)29(33(38,5)6)17-19-36(9)30(34)15-14-28-31-27(26(3)4)16-20-37(31,32(40)42-10)23-22-35(28,36)8;/h27-31,41H,3,11-12,14-17,19-25H2,1-2,4-10H3;1H/t27-,28+,29-,30+,31+,34-,35+,36+,37-,38-;/m0./s1. The maximum atomic E-state index is 13.5. The molecular formula is C38H62ClNO3. The number of rotatable bonds is 5. The van der Waals surface area contributed by atoms with Crippen LogP contribution in [0.1, 0.15) is 120 Å². The second kappa shape index (κ2) is 11.7. The van der Waals surface area contributed by atoms with E-state index in [0.717, 1.165) is 64.6 Å². The molecule has 5 heteroatoms. The van der Waals surface area contributed by atoms with Gasteiger partial charge in [-0.3, -0.25) is 9.69 Å². The summed E-state index contributed by atoms with van der Waals surface area (Å²) in [7, 11) is 1.59. The van der Waals surface area contributed by atoms with Crippen molar-refractivity contribution in [2.75, 3.05) is 26.7 Å². The molecule has 10 atom stereocenters. The number of nitrogens with zero attached hydrogens (tertiary/aromatic N) is 1. The summed E-state index contributed by atoms with van der Waals surface area (Å²) >= 11 is 0. The summed E-state index contributed by atoms with van der Waals surface area (Å²) < 4.78 is 5.54. The average molecular weight is 616 g/mol. The smallest absolute Gasteiger partial charge is 0.312 e. The molecule has 0 aliphatic heterocycles. The molecule has 0 spiro atoms. The number of hydrogen-bond acceptors (Lipinski definition) is 4. The largest absolute Gasteiger partial charge is 0.469 e. The lowest BCUT2D eigenvalue weighted by atomic mass is 9.31. The van der Waals surface area contributed by atoms with Gasteiger partial charge in [0.25, 0.3) is 0 Å². The molecule has 0 heterocycles. The Morgan fingerprint density at radius 2 is 1.58 bits per heavy atom. The summed E-state index contributed by atoms with van der Waals surface area (Å²) in [4.78, 5) is 15.8. The van der Waals surface area contributed by atoms with Gasteiger partial charge >= 0.3 is 5.97 Å². The maximum absolute atomic E-state index is 13.5. The van der Waals surface area contributed by atoms with Crippen LogP contribution in [0.3, 0.4) is 0 Å². The molecule has 5 saturated carbocycles. The van der Waals surface area contributed by atoms with Gasteiger partial charge in [-0.2, -0.15) is 0 Å². The first-order valence-electron chi connectivity index (χ1n) is 17.3. The molecule has 0 aromatic heterocycles. The normalized spacial score (nSPS) is 46.2. The van der Waals surface area contributed by atoms with E-state index in [0.29, 0.717) is 29.6 Å². The van der Waals surface area contributed by atoms with Crippen molar-refractivity contribution in [3.05, 3.63) is 12.2 Å². The second-order valence-corrected chi connectivity index (χ2v) is 16.7. The van der Waals surface area contributed by atoms with E-state index < -0.39 is 5.60 Å². The van der Waals surface area contributed by atoms with Crippen molar-refractivity contribution < 1.29 is 14.6 Å². The van der Waals surface area contributed by atoms with Gasteiger partial charge in [0.1, 0.15) is 5.60 Å². The first-order chi connectivity index (χ1) is 19.6. The van der Waals surface area contributed by atoms with Crippen LogP contribution in [0.15, 0.2) is 12.2 Å². The number of fused-ring (bicyclic) bond motifs is 7. The zero-order valence-electron chi connectivity index (χ0n) is 28.9. The summed E-state index contributed by atoms with van der Waals surface area (Å²) in [5, 5.41) is 12.2. The lowest BCUT2D eigenvalue weighted by Gasteiger charge is -2.73. The van der Waals surface area contributed by atoms with Gasteiger partial charge < -0.3 is 9.84 Å². The van der Waals surface area contributed by atoms with Crippen LogP contribution in [0.4, 0.5) is 0 Å². The predicted octanol–water partition coefficient (Wildman–Crippen LogP) is 8.32. The van der Waals surface area contributed by atoms with Gasteiger partial charge in [-0.25, -0.2) is 0 Å². The third kappa shape index (κ3) is 4.71. The number of aliphatic hydroxyl groups is 1. The number of carbonyl (C=O) groups excluding carboxylic acids is 1. The van der Waals surface area contributed by atoms with E-state index in [2.05, 4.69) is 78.7 Å². The van der Waals surface area contributed by atoms with E-state index >= 15 is 0 Å². The van der Waals surface area contributed by atoms with Crippen molar-refractivity contribution in [2.45, 2.75) is 125 Å². The number of halogens is 1. The highest BCUT2D eigenvalue weighted by atomic mass is 35.5. The van der Waals surface area contributed by atoms with Crippen LogP contribution in [-0.2, 0) is 9.53 Å². The molecule has 43 heavy (non-hydrogen) atoms. The van der Waals surface area contributed by atoms with E-state index in [9.17, 15) is 9.90 Å². The summed E-state index contributed by atoms with van der Waals surface area (Å²) in [5.41, 5.74) is 0.295. The molecule has 0 amide bonds.